The van der Waals surface area contributed by atoms with Crippen molar-refractivity contribution in [3.05, 3.63) is 24.2 Å². The molecular formula is C15H27N3O2. The Morgan fingerprint density at radius 2 is 2.10 bits per heavy atom. The Balaban J connectivity index is 2.07. The lowest BCUT2D eigenvalue weighted by atomic mass is 10.1. The van der Waals surface area contributed by atoms with Gasteiger partial charge in [-0.15, -0.1) is 0 Å². The van der Waals surface area contributed by atoms with E-state index in [1.807, 2.05) is 0 Å². The van der Waals surface area contributed by atoms with Gasteiger partial charge in [-0.25, -0.2) is 0 Å². The molecule has 1 atom stereocenters. The van der Waals surface area contributed by atoms with E-state index in [1.165, 1.54) is 38.4 Å². The number of nitrogens with zero attached hydrogens (tertiary/aromatic N) is 1. The highest BCUT2D eigenvalue weighted by Gasteiger charge is 2.09. The van der Waals surface area contributed by atoms with Gasteiger partial charge in [-0.3, -0.25) is 4.99 Å². The molecule has 5 nitrogen and oxygen atoms in total. The molecule has 0 amide bonds. The van der Waals surface area contributed by atoms with Crippen molar-refractivity contribution in [3.8, 4) is 0 Å². The van der Waals surface area contributed by atoms with Crippen LogP contribution in [-0.2, 0) is 0 Å². The fourth-order valence-corrected chi connectivity index (χ4v) is 1.93. The first-order chi connectivity index (χ1) is 9.74. The zero-order chi connectivity index (χ0) is 14.6. The zero-order valence-corrected chi connectivity index (χ0v) is 12.3. The normalized spacial score (nSPS) is 13.4. The molecule has 0 fully saturated rings. The summed E-state index contributed by atoms with van der Waals surface area (Å²) in [6.07, 6.45) is 8.30. The van der Waals surface area contributed by atoms with E-state index >= 15 is 0 Å². The molecule has 0 bridgehead atoms. The first-order valence-corrected chi connectivity index (χ1v) is 7.49. The highest BCUT2D eigenvalue weighted by molar-refractivity contribution is 5.77. The quantitative estimate of drug-likeness (QED) is 0.349. The summed E-state index contributed by atoms with van der Waals surface area (Å²) in [4.78, 5) is 4.10. The monoisotopic (exact) mass is 281 g/mol. The Labute approximate surface area is 121 Å². The van der Waals surface area contributed by atoms with E-state index in [1.54, 1.807) is 12.1 Å². The van der Waals surface area contributed by atoms with Crippen molar-refractivity contribution in [1.29, 1.82) is 0 Å². The van der Waals surface area contributed by atoms with Crippen LogP contribution < -0.4 is 11.1 Å². The molecule has 5 heteroatoms. The fraction of sp³-hybridized carbons (Fsp3) is 0.667. The molecule has 0 aromatic carbocycles. The molecule has 1 aromatic rings. The molecule has 1 aromatic heterocycles. The SMILES string of the molecule is CCCCCCCCNC(N)=NCC(O)c1ccco1. The van der Waals surface area contributed by atoms with E-state index in [0.29, 0.717) is 11.7 Å². The summed E-state index contributed by atoms with van der Waals surface area (Å²) in [6.45, 7) is 3.26. The van der Waals surface area contributed by atoms with Gasteiger partial charge in [-0.1, -0.05) is 39.0 Å². The average molecular weight is 281 g/mol. The molecule has 1 rings (SSSR count). The van der Waals surface area contributed by atoms with Gasteiger partial charge in [0.1, 0.15) is 11.9 Å². The summed E-state index contributed by atoms with van der Waals surface area (Å²) in [5.74, 6) is 0.890. The van der Waals surface area contributed by atoms with Crippen LogP contribution >= 0.6 is 0 Å². The smallest absolute Gasteiger partial charge is 0.188 e. The van der Waals surface area contributed by atoms with Crippen molar-refractivity contribution in [2.45, 2.75) is 51.6 Å². The van der Waals surface area contributed by atoms with E-state index in [-0.39, 0.29) is 6.54 Å². The maximum Gasteiger partial charge on any atom is 0.188 e. The third-order valence-corrected chi connectivity index (χ3v) is 3.14. The van der Waals surface area contributed by atoms with Crippen LogP contribution in [0.1, 0.15) is 57.3 Å². The Morgan fingerprint density at radius 1 is 1.35 bits per heavy atom. The molecular weight excluding hydrogens is 254 g/mol. The van der Waals surface area contributed by atoms with Crippen molar-refractivity contribution in [3.63, 3.8) is 0 Å². The second-order valence-electron chi connectivity index (χ2n) is 4.95. The van der Waals surface area contributed by atoms with Gasteiger partial charge in [0.15, 0.2) is 5.96 Å². The van der Waals surface area contributed by atoms with Gasteiger partial charge in [-0.05, 0) is 18.6 Å². The molecule has 1 heterocycles. The van der Waals surface area contributed by atoms with Crippen molar-refractivity contribution in [2.75, 3.05) is 13.1 Å². The maximum atomic E-state index is 9.77. The number of guanidine groups is 1. The molecule has 1 unspecified atom stereocenters. The van der Waals surface area contributed by atoms with Crippen molar-refractivity contribution in [2.24, 2.45) is 10.7 Å². The van der Waals surface area contributed by atoms with Crippen molar-refractivity contribution >= 4 is 5.96 Å². The number of nitrogens with one attached hydrogen (secondary N) is 1. The maximum absolute atomic E-state index is 9.77. The average Bonchev–Trinajstić information content (AvgIpc) is 2.98. The molecule has 0 radical (unpaired) electrons. The lowest BCUT2D eigenvalue weighted by Gasteiger charge is -2.07. The number of nitrogens with two attached hydrogens (primary N) is 1. The number of rotatable bonds is 10. The molecule has 0 saturated carbocycles. The largest absolute Gasteiger partial charge is 0.467 e. The van der Waals surface area contributed by atoms with Gasteiger partial charge in [0, 0.05) is 6.54 Å². The number of furan rings is 1. The molecule has 4 N–H and O–H groups in total. The minimum atomic E-state index is -0.737. The third-order valence-electron chi connectivity index (χ3n) is 3.14. The molecule has 0 aliphatic heterocycles. The number of aliphatic hydroxyl groups excluding tert-OH is 1. The number of hydrogen-bond donors (Lipinski definition) is 3. The van der Waals surface area contributed by atoms with Crippen LogP contribution in [0.4, 0.5) is 0 Å². The van der Waals surface area contributed by atoms with Crippen LogP contribution in [0.2, 0.25) is 0 Å². The van der Waals surface area contributed by atoms with Crippen LogP contribution in [0.3, 0.4) is 0 Å². The Morgan fingerprint density at radius 3 is 2.80 bits per heavy atom. The highest BCUT2D eigenvalue weighted by Crippen LogP contribution is 2.12. The highest BCUT2D eigenvalue weighted by atomic mass is 16.4. The Bertz CT molecular complexity index is 363. The van der Waals surface area contributed by atoms with Gasteiger partial charge < -0.3 is 20.6 Å². The topological polar surface area (TPSA) is 83.8 Å². The summed E-state index contributed by atoms with van der Waals surface area (Å²) < 4.78 is 5.09. The minimum Gasteiger partial charge on any atom is -0.467 e. The van der Waals surface area contributed by atoms with Crippen LogP contribution in [-0.4, -0.2) is 24.2 Å². The fourth-order valence-electron chi connectivity index (χ4n) is 1.93. The number of unbranched alkanes of at least 4 members (excludes halogenated alkanes) is 5. The first-order valence-electron chi connectivity index (χ1n) is 7.49. The van der Waals surface area contributed by atoms with Crippen LogP contribution in [0, 0.1) is 0 Å². The van der Waals surface area contributed by atoms with E-state index in [0.717, 1.165) is 13.0 Å². The molecule has 114 valence electrons. The van der Waals surface area contributed by atoms with Gasteiger partial charge in [0.2, 0.25) is 0 Å². The van der Waals surface area contributed by atoms with E-state index in [2.05, 4.69) is 17.2 Å². The predicted octanol–water partition coefficient (Wildman–Crippen LogP) is 2.58. The van der Waals surface area contributed by atoms with Crippen molar-refractivity contribution in [1.82, 2.24) is 5.32 Å². The van der Waals surface area contributed by atoms with Crippen LogP contribution in [0.5, 0.6) is 0 Å². The van der Waals surface area contributed by atoms with E-state index < -0.39 is 6.10 Å². The number of hydrogen-bond acceptors (Lipinski definition) is 3. The molecule has 0 aliphatic carbocycles. The van der Waals surface area contributed by atoms with Gasteiger partial charge >= 0.3 is 0 Å². The summed E-state index contributed by atoms with van der Waals surface area (Å²) in [7, 11) is 0. The van der Waals surface area contributed by atoms with Crippen LogP contribution in [0.25, 0.3) is 0 Å². The summed E-state index contributed by atoms with van der Waals surface area (Å²) in [5, 5.41) is 12.8. The standard InChI is InChI=1S/C15H27N3O2/c1-2-3-4-5-6-7-10-17-15(16)18-12-13(19)14-9-8-11-20-14/h8-9,11,13,19H,2-7,10,12H2,1H3,(H3,16,17,18). The van der Waals surface area contributed by atoms with Gasteiger partial charge in [0.05, 0.1) is 12.8 Å². The molecule has 0 spiro atoms. The number of aliphatic imine (C=N–C) groups is 1. The summed E-state index contributed by atoms with van der Waals surface area (Å²) in [6, 6.07) is 3.46. The van der Waals surface area contributed by atoms with E-state index in [9.17, 15) is 5.11 Å². The molecule has 0 aliphatic rings. The van der Waals surface area contributed by atoms with Crippen molar-refractivity contribution < 1.29 is 9.52 Å². The second-order valence-corrected chi connectivity index (χ2v) is 4.95. The number of aliphatic hydroxyl groups is 1. The summed E-state index contributed by atoms with van der Waals surface area (Å²) >= 11 is 0. The predicted molar refractivity (Wildman–Crippen MR) is 81.5 cm³/mol. The third kappa shape index (κ3) is 7.19. The van der Waals surface area contributed by atoms with Gasteiger partial charge in [0.25, 0.3) is 0 Å². The zero-order valence-electron chi connectivity index (χ0n) is 12.3. The molecule has 20 heavy (non-hydrogen) atoms. The Kier molecular flexibility index (Phi) is 8.54. The lowest BCUT2D eigenvalue weighted by molar-refractivity contribution is 0.158. The second kappa shape index (κ2) is 10.3. The Hall–Kier alpha value is -1.49. The van der Waals surface area contributed by atoms with Crippen LogP contribution in [0.15, 0.2) is 27.8 Å². The summed E-state index contributed by atoms with van der Waals surface area (Å²) in [5.41, 5.74) is 5.73. The lowest BCUT2D eigenvalue weighted by Crippen LogP contribution is -2.32. The minimum absolute atomic E-state index is 0.211. The first kappa shape index (κ1) is 16.6. The molecule has 0 saturated heterocycles. The van der Waals surface area contributed by atoms with Gasteiger partial charge in [-0.2, -0.15) is 0 Å². The van der Waals surface area contributed by atoms with E-state index in [4.69, 9.17) is 10.2 Å².